The van der Waals surface area contributed by atoms with Gasteiger partial charge in [-0.3, -0.25) is 9.59 Å². The van der Waals surface area contributed by atoms with Crippen LogP contribution in [0.2, 0.25) is 0 Å². The normalized spacial score (nSPS) is 13.9. The largest absolute Gasteiger partial charge is 0.462 e. The Bertz CT molecular complexity index is 1010. The highest BCUT2D eigenvalue weighted by atomic mass is 35.5. The number of rotatable bonds is 5. The van der Waals surface area contributed by atoms with Gasteiger partial charge in [-0.25, -0.2) is 9.69 Å². The molecule has 2 amide bonds. The average molecular weight is 399 g/mol. The van der Waals surface area contributed by atoms with Crippen LogP contribution < -0.4 is 10.2 Å². The number of amides is 2. The van der Waals surface area contributed by atoms with Crippen LogP contribution in [0.4, 0.5) is 11.4 Å². The molecule has 0 aliphatic carbocycles. The highest BCUT2D eigenvalue weighted by molar-refractivity contribution is 6.53. The van der Waals surface area contributed by atoms with Gasteiger partial charge in [-0.1, -0.05) is 35.4 Å². The molecule has 3 rings (SSSR count). The summed E-state index contributed by atoms with van der Waals surface area (Å²) in [5.41, 5.74) is 3.03. The monoisotopic (exact) mass is 398 g/mol. The number of nitrogens with zero attached hydrogens (tertiary/aromatic N) is 1. The second-order valence-corrected chi connectivity index (χ2v) is 6.73. The molecule has 0 saturated heterocycles. The third-order valence-electron chi connectivity index (χ3n) is 4.26. The van der Waals surface area contributed by atoms with Crippen LogP contribution in [0.15, 0.2) is 53.2 Å². The van der Waals surface area contributed by atoms with E-state index in [1.807, 2.05) is 26.0 Å². The molecular weight excluding hydrogens is 380 g/mol. The van der Waals surface area contributed by atoms with Crippen molar-refractivity contribution in [2.45, 2.75) is 20.8 Å². The zero-order valence-corrected chi connectivity index (χ0v) is 16.5. The number of hydrogen-bond acceptors (Lipinski definition) is 5. The van der Waals surface area contributed by atoms with Gasteiger partial charge in [-0.15, -0.1) is 0 Å². The van der Waals surface area contributed by atoms with E-state index in [1.165, 1.54) is 6.07 Å². The minimum absolute atomic E-state index is 0.0346. The Morgan fingerprint density at radius 3 is 2.54 bits per heavy atom. The first-order valence-electron chi connectivity index (χ1n) is 8.73. The Morgan fingerprint density at radius 1 is 1.11 bits per heavy atom. The number of carbonyl (C=O) groups is 3. The van der Waals surface area contributed by atoms with E-state index in [0.29, 0.717) is 16.9 Å². The van der Waals surface area contributed by atoms with Crippen molar-refractivity contribution in [1.29, 1.82) is 0 Å². The van der Waals surface area contributed by atoms with Gasteiger partial charge in [-0.05, 0) is 50.6 Å². The van der Waals surface area contributed by atoms with Gasteiger partial charge in [0.2, 0.25) is 0 Å². The van der Waals surface area contributed by atoms with Gasteiger partial charge in [0.15, 0.2) is 0 Å². The summed E-state index contributed by atoms with van der Waals surface area (Å²) in [6.45, 7) is 5.73. The maximum absolute atomic E-state index is 12.9. The Balaban J connectivity index is 1.89. The first-order valence-corrected chi connectivity index (χ1v) is 9.11. The van der Waals surface area contributed by atoms with E-state index < -0.39 is 17.8 Å². The molecule has 1 N–H and O–H groups in total. The number of imide groups is 1. The molecule has 1 aliphatic heterocycles. The molecule has 2 aromatic rings. The van der Waals surface area contributed by atoms with Crippen LogP contribution in [0, 0.1) is 13.8 Å². The molecule has 0 atom stereocenters. The van der Waals surface area contributed by atoms with Crippen LogP contribution in [0.5, 0.6) is 0 Å². The quantitative estimate of drug-likeness (QED) is 0.610. The molecule has 0 fully saturated rings. The average Bonchev–Trinajstić information content (AvgIpc) is 2.86. The number of ether oxygens (including phenoxy) is 1. The van der Waals surface area contributed by atoms with Gasteiger partial charge in [-0.2, -0.15) is 0 Å². The lowest BCUT2D eigenvalue weighted by Crippen LogP contribution is -2.32. The number of hydrogen-bond donors (Lipinski definition) is 1. The molecule has 0 radical (unpaired) electrons. The first kappa shape index (κ1) is 19.6. The Kier molecular flexibility index (Phi) is 5.51. The van der Waals surface area contributed by atoms with Crippen molar-refractivity contribution in [2.24, 2.45) is 0 Å². The van der Waals surface area contributed by atoms with Crippen LogP contribution in [-0.4, -0.2) is 24.4 Å². The lowest BCUT2D eigenvalue weighted by Gasteiger charge is -2.18. The van der Waals surface area contributed by atoms with E-state index in [-0.39, 0.29) is 17.3 Å². The molecule has 28 heavy (non-hydrogen) atoms. The van der Waals surface area contributed by atoms with Crippen molar-refractivity contribution in [2.75, 3.05) is 16.8 Å². The number of esters is 1. The standard InChI is InChI=1S/C21H19ClN2O4/c1-4-28-21(27)14-6-5-7-15(11-14)23-18-17(22)19(25)24(20(18)26)16-9-8-12(2)10-13(16)3/h5-11,23H,4H2,1-3H3. The summed E-state index contributed by atoms with van der Waals surface area (Å²) in [5, 5.41) is 2.66. The van der Waals surface area contributed by atoms with E-state index in [1.54, 1.807) is 31.2 Å². The van der Waals surface area contributed by atoms with E-state index in [9.17, 15) is 14.4 Å². The molecule has 144 valence electrons. The highest BCUT2D eigenvalue weighted by Gasteiger charge is 2.39. The lowest BCUT2D eigenvalue weighted by atomic mass is 10.1. The maximum atomic E-state index is 12.9. The van der Waals surface area contributed by atoms with Gasteiger partial charge in [0.1, 0.15) is 10.7 Å². The summed E-state index contributed by atoms with van der Waals surface area (Å²) < 4.78 is 4.98. The molecule has 6 nitrogen and oxygen atoms in total. The Morgan fingerprint density at radius 2 is 1.86 bits per heavy atom. The molecule has 0 unspecified atom stereocenters. The zero-order chi connectivity index (χ0) is 20.4. The minimum Gasteiger partial charge on any atom is -0.462 e. The summed E-state index contributed by atoms with van der Waals surface area (Å²) in [5.74, 6) is -1.62. The molecule has 7 heteroatoms. The molecule has 0 aromatic heterocycles. The predicted octanol–water partition coefficient (Wildman–Crippen LogP) is 3.92. The summed E-state index contributed by atoms with van der Waals surface area (Å²) in [4.78, 5) is 38.5. The van der Waals surface area contributed by atoms with Crippen molar-refractivity contribution >= 4 is 40.8 Å². The van der Waals surface area contributed by atoms with Crippen LogP contribution >= 0.6 is 11.6 Å². The number of aryl methyl sites for hydroxylation is 2. The first-order chi connectivity index (χ1) is 13.3. The third kappa shape index (κ3) is 3.64. The molecule has 1 aliphatic rings. The fourth-order valence-corrected chi connectivity index (χ4v) is 3.18. The SMILES string of the molecule is CCOC(=O)c1cccc(NC2=C(Cl)C(=O)N(c3ccc(C)cc3C)C2=O)c1. The summed E-state index contributed by atoms with van der Waals surface area (Å²) in [7, 11) is 0. The molecule has 0 saturated carbocycles. The number of carbonyl (C=O) groups excluding carboxylic acids is 3. The van der Waals surface area contributed by atoms with E-state index in [0.717, 1.165) is 16.0 Å². The number of benzene rings is 2. The number of nitrogens with one attached hydrogen (secondary N) is 1. The van der Waals surface area contributed by atoms with Crippen molar-refractivity contribution in [3.8, 4) is 0 Å². The molecule has 2 aromatic carbocycles. The zero-order valence-electron chi connectivity index (χ0n) is 15.7. The minimum atomic E-state index is -0.595. The van der Waals surface area contributed by atoms with Crippen molar-refractivity contribution < 1.29 is 19.1 Å². The summed E-state index contributed by atoms with van der Waals surface area (Å²) in [6, 6.07) is 11.9. The fourth-order valence-electron chi connectivity index (χ4n) is 2.97. The van der Waals surface area contributed by atoms with Crippen LogP contribution in [-0.2, 0) is 14.3 Å². The lowest BCUT2D eigenvalue weighted by molar-refractivity contribution is -0.120. The van der Waals surface area contributed by atoms with Gasteiger partial charge in [0.25, 0.3) is 11.8 Å². The maximum Gasteiger partial charge on any atom is 0.338 e. The van der Waals surface area contributed by atoms with Crippen LogP contribution in [0.3, 0.4) is 0 Å². The van der Waals surface area contributed by atoms with Crippen LogP contribution in [0.1, 0.15) is 28.4 Å². The Labute approximate surface area is 167 Å². The topological polar surface area (TPSA) is 75.7 Å². The van der Waals surface area contributed by atoms with E-state index in [2.05, 4.69) is 5.32 Å². The van der Waals surface area contributed by atoms with Crippen molar-refractivity contribution in [3.05, 3.63) is 69.9 Å². The number of halogens is 1. The Hall–Kier alpha value is -3.12. The van der Waals surface area contributed by atoms with E-state index in [4.69, 9.17) is 16.3 Å². The van der Waals surface area contributed by atoms with Gasteiger partial charge in [0.05, 0.1) is 17.9 Å². The third-order valence-corrected chi connectivity index (χ3v) is 4.61. The molecule has 1 heterocycles. The molecular formula is C21H19ClN2O4. The van der Waals surface area contributed by atoms with Gasteiger partial charge < -0.3 is 10.1 Å². The fraction of sp³-hybridized carbons (Fsp3) is 0.190. The number of anilines is 2. The van der Waals surface area contributed by atoms with Crippen molar-refractivity contribution in [3.63, 3.8) is 0 Å². The van der Waals surface area contributed by atoms with Crippen LogP contribution in [0.25, 0.3) is 0 Å². The second kappa shape index (κ2) is 7.86. The van der Waals surface area contributed by atoms with Crippen molar-refractivity contribution in [1.82, 2.24) is 0 Å². The summed E-state index contributed by atoms with van der Waals surface area (Å²) in [6.07, 6.45) is 0. The van der Waals surface area contributed by atoms with Gasteiger partial charge in [0, 0.05) is 5.69 Å². The molecule has 0 bridgehead atoms. The highest BCUT2D eigenvalue weighted by Crippen LogP contribution is 2.32. The molecule has 0 spiro atoms. The van der Waals surface area contributed by atoms with Gasteiger partial charge >= 0.3 is 5.97 Å². The predicted molar refractivity (Wildman–Crippen MR) is 107 cm³/mol. The smallest absolute Gasteiger partial charge is 0.338 e. The second-order valence-electron chi connectivity index (χ2n) is 6.35. The van der Waals surface area contributed by atoms with E-state index >= 15 is 0 Å². The summed E-state index contributed by atoms with van der Waals surface area (Å²) >= 11 is 6.17.